The number of nitrogens with zero attached hydrogens (tertiary/aromatic N) is 1. The summed E-state index contributed by atoms with van der Waals surface area (Å²) < 4.78 is 218. The number of alkyl halides is 17. The number of thiophene rings is 1. The van der Waals surface area contributed by atoms with Gasteiger partial charge < -0.3 is 5.32 Å². The molecule has 0 atom stereocenters. The zero-order valence-electron chi connectivity index (χ0n) is 19.4. The number of hydrogen-bond acceptors (Lipinski definition) is 3. The Morgan fingerprint density at radius 1 is 0.683 bits per heavy atom. The lowest BCUT2D eigenvalue weighted by Crippen LogP contribution is -2.75. The van der Waals surface area contributed by atoms with E-state index in [4.69, 9.17) is 0 Å². The summed E-state index contributed by atoms with van der Waals surface area (Å²) >= 11 is 3.80. The first-order valence-corrected chi connectivity index (χ1v) is 12.0. The number of amides is 1. The molecule has 2 rings (SSSR count). The Morgan fingerprint density at radius 2 is 1.10 bits per heavy atom. The molecule has 41 heavy (non-hydrogen) atoms. The third kappa shape index (κ3) is 5.07. The van der Waals surface area contributed by atoms with Gasteiger partial charge in [0, 0.05) is 4.88 Å². The molecule has 1 aliphatic rings. The summed E-state index contributed by atoms with van der Waals surface area (Å²) in [5, 5.41) is 2.37. The minimum atomic E-state index is -8.67. The average molecular weight is 669 g/mol. The zero-order chi connectivity index (χ0) is 32.3. The van der Waals surface area contributed by atoms with Crippen molar-refractivity contribution in [3.05, 3.63) is 16.0 Å². The maximum absolute atomic E-state index is 14.3. The fourth-order valence-electron chi connectivity index (χ4n) is 3.61. The molecule has 21 heteroatoms. The van der Waals surface area contributed by atoms with Gasteiger partial charge in [0.15, 0.2) is 0 Å². The lowest BCUT2D eigenvalue weighted by Gasteiger charge is -2.42. The summed E-state index contributed by atoms with van der Waals surface area (Å²) in [7, 11) is 0. The van der Waals surface area contributed by atoms with E-state index in [1.165, 1.54) is 6.07 Å². The van der Waals surface area contributed by atoms with Crippen LogP contribution >= 0.6 is 22.9 Å². The first kappa shape index (κ1) is 35.0. The molecule has 0 spiro atoms. The van der Waals surface area contributed by atoms with Crippen molar-refractivity contribution < 1.29 is 75.0 Å². The normalized spacial score (nSPS) is 16.9. The Morgan fingerprint density at radius 3 is 1.54 bits per heavy atom. The molecule has 0 saturated heterocycles. The molecule has 1 N–H and O–H groups in total. The highest BCUT2D eigenvalue weighted by molar-refractivity contribution is 7.16. The third-order valence-electron chi connectivity index (χ3n) is 6.02. The van der Waals surface area contributed by atoms with Crippen LogP contribution in [0.15, 0.2) is 0 Å². The van der Waals surface area contributed by atoms with Gasteiger partial charge in [0.25, 0.3) is 0 Å². The molecule has 0 aromatic carbocycles. The molecule has 234 valence electrons. The van der Waals surface area contributed by atoms with Crippen LogP contribution in [0, 0.1) is 11.3 Å². The number of anilines is 1. The topological polar surface area (TPSA) is 52.9 Å². The van der Waals surface area contributed by atoms with Crippen LogP contribution in [0.25, 0.3) is 0 Å². The van der Waals surface area contributed by atoms with Crippen LogP contribution in [0.3, 0.4) is 0 Å². The van der Waals surface area contributed by atoms with Crippen molar-refractivity contribution in [3.63, 3.8) is 0 Å². The quantitative estimate of drug-likeness (QED) is 0.212. The van der Waals surface area contributed by atoms with Gasteiger partial charge in [-0.05, 0) is 42.8 Å². The van der Waals surface area contributed by atoms with E-state index in [2.05, 4.69) is 11.6 Å². The second kappa shape index (κ2) is 10.5. The second-order valence-electron chi connectivity index (χ2n) is 8.71. The number of nitrogens with one attached hydrogen (secondary N) is 1. The van der Waals surface area contributed by atoms with E-state index in [1.54, 1.807) is 0 Å². The molecular formula is C20H13ClF16N2OS. The van der Waals surface area contributed by atoms with Gasteiger partial charge in [-0.15, -0.1) is 11.3 Å². The van der Waals surface area contributed by atoms with Crippen molar-refractivity contribution in [1.29, 1.82) is 5.26 Å². The van der Waals surface area contributed by atoms with Crippen molar-refractivity contribution in [2.45, 2.75) is 85.4 Å². The number of halogens is 17. The fourth-order valence-corrected chi connectivity index (χ4v) is 4.97. The summed E-state index contributed by atoms with van der Waals surface area (Å²) in [6.45, 7) is 0. The molecule has 3 nitrogen and oxygen atoms in total. The Bertz CT molecular complexity index is 1200. The van der Waals surface area contributed by atoms with E-state index in [1.807, 2.05) is 0 Å². The lowest BCUT2D eigenvalue weighted by molar-refractivity contribution is -0.445. The highest BCUT2D eigenvalue weighted by Gasteiger charge is 2.95. The van der Waals surface area contributed by atoms with E-state index in [-0.39, 0.29) is 23.3 Å². The van der Waals surface area contributed by atoms with E-state index in [9.17, 15) is 80.3 Å². The van der Waals surface area contributed by atoms with Gasteiger partial charge in [-0.25, -0.2) is 0 Å². The molecule has 0 saturated carbocycles. The predicted molar refractivity (Wildman–Crippen MR) is 109 cm³/mol. The van der Waals surface area contributed by atoms with Crippen LogP contribution in [-0.4, -0.2) is 52.7 Å². The van der Waals surface area contributed by atoms with Crippen LogP contribution in [0.5, 0.6) is 0 Å². The number of nitriles is 1. The molecule has 0 bridgehead atoms. The molecule has 1 aliphatic carbocycles. The van der Waals surface area contributed by atoms with Crippen LogP contribution in [0.4, 0.5) is 75.2 Å². The van der Waals surface area contributed by atoms with Gasteiger partial charge in [-0.3, -0.25) is 4.79 Å². The van der Waals surface area contributed by atoms with Crippen molar-refractivity contribution in [2.75, 3.05) is 5.32 Å². The van der Waals surface area contributed by atoms with Crippen molar-refractivity contribution in [3.8, 4) is 6.07 Å². The average Bonchev–Trinajstić information content (AvgIpc) is 3.12. The van der Waals surface area contributed by atoms with E-state index >= 15 is 0 Å². The Labute approximate surface area is 227 Å². The Hall–Kier alpha value is -2.17. The summed E-state index contributed by atoms with van der Waals surface area (Å²) in [4.78, 5) is 12.2. The highest BCUT2D eigenvalue weighted by Crippen LogP contribution is 2.64. The van der Waals surface area contributed by atoms with Crippen LogP contribution in [-0.2, 0) is 17.6 Å². The standard InChI is InChI=1S/C20H13ClF16N2OS/c21-20(36,37)19(34,35)18(32,33)17(30,31)16(28,29)15(26,27)14(24,25)13(22,23)12(40)39-11-9(7-38)8-5-3-1-2-4-6-10(8)41-11/h1-6H2,(H,39,40). The van der Waals surface area contributed by atoms with E-state index in [0.29, 0.717) is 37.0 Å². The highest BCUT2D eigenvalue weighted by atomic mass is 35.5. The molecule has 0 unspecified atom stereocenters. The van der Waals surface area contributed by atoms with Crippen LogP contribution < -0.4 is 5.32 Å². The first-order chi connectivity index (χ1) is 18.2. The third-order valence-corrected chi connectivity index (χ3v) is 7.46. The van der Waals surface area contributed by atoms with Crippen molar-refractivity contribution in [2.24, 2.45) is 0 Å². The number of rotatable bonds is 9. The fraction of sp³-hybridized carbons (Fsp3) is 0.700. The first-order valence-electron chi connectivity index (χ1n) is 10.8. The summed E-state index contributed by atoms with van der Waals surface area (Å²) in [6, 6.07) is 1.43. The van der Waals surface area contributed by atoms with E-state index < -0.39 is 63.3 Å². The molecule has 0 radical (unpaired) electrons. The summed E-state index contributed by atoms with van der Waals surface area (Å²) in [5.41, 5.74) is -0.454. The maximum Gasteiger partial charge on any atom is 0.393 e. The minimum absolute atomic E-state index is 0.108. The molecule has 1 amide bonds. The number of carbonyl (C=O) groups excluding carboxylic acids is 1. The lowest BCUT2D eigenvalue weighted by atomic mass is 9.89. The monoisotopic (exact) mass is 668 g/mol. The van der Waals surface area contributed by atoms with Gasteiger partial charge in [0.1, 0.15) is 11.1 Å². The maximum atomic E-state index is 14.3. The molecule has 1 aromatic rings. The molecule has 1 heterocycles. The van der Waals surface area contributed by atoms with Gasteiger partial charge >= 0.3 is 52.7 Å². The summed E-state index contributed by atoms with van der Waals surface area (Å²) in [6.07, 6.45) is 2.47. The second-order valence-corrected chi connectivity index (χ2v) is 10.3. The SMILES string of the molecule is N#Cc1c(NC(=O)C(F)(F)C(F)(F)C(F)(F)C(F)(F)C(F)(F)C(F)(F)C(F)(F)C(F)(F)Cl)sc2c1CCCCCC2. The number of fused-ring (bicyclic) bond motifs is 1. The van der Waals surface area contributed by atoms with Gasteiger partial charge in [0.2, 0.25) is 0 Å². The summed E-state index contributed by atoms with van der Waals surface area (Å²) in [5.74, 6) is -60.9. The number of carbonyl (C=O) groups is 1. The van der Waals surface area contributed by atoms with Crippen molar-refractivity contribution in [1.82, 2.24) is 0 Å². The Balaban J connectivity index is 2.54. The van der Waals surface area contributed by atoms with Gasteiger partial charge in [-0.2, -0.15) is 75.5 Å². The van der Waals surface area contributed by atoms with E-state index in [0.717, 1.165) is 5.32 Å². The number of aryl methyl sites for hydroxylation is 1. The predicted octanol–water partition coefficient (Wildman–Crippen LogP) is 8.50. The smallest absolute Gasteiger partial charge is 0.311 e. The van der Waals surface area contributed by atoms with Crippen molar-refractivity contribution >= 4 is 33.8 Å². The van der Waals surface area contributed by atoms with Crippen LogP contribution in [0.2, 0.25) is 0 Å². The molecule has 0 aliphatic heterocycles. The van der Waals surface area contributed by atoms with Gasteiger partial charge in [-0.1, -0.05) is 12.8 Å². The molecular weight excluding hydrogens is 656 g/mol. The Kier molecular flexibility index (Phi) is 8.99. The van der Waals surface area contributed by atoms with Crippen LogP contribution in [0.1, 0.15) is 41.7 Å². The van der Waals surface area contributed by atoms with Gasteiger partial charge in [0.05, 0.1) is 5.56 Å². The molecule has 1 aromatic heterocycles. The number of hydrogen-bond donors (Lipinski definition) is 1. The molecule has 0 fully saturated rings. The largest absolute Gasteiger partial charge is 0.393 e. The minimum Gasteiger partial charge on any atom is -0.311 e. The zero-order valence-corrected chi connectivity index (χ0v) is 21.0.